The average molecular weight is 383 g/mol. The first-order chi connectivity index (χ1) is 14.8. The number of ether oxygens (including phenoxy) is 1. The standard InChI is InChI=1S/C20H24N6O2/c1-24-7-6-15(24)12-28-17-11-21-25(2)19(17)14-5-8-26-16(9-14)10-18(23-26)22-20(27)13-3-4-13/h5,8-11,13,15H,3-4,6-7,12H2,1-2H3,(H,22,23,27)/t15-/m1/s1/i1D3. The molecule has 146 valence electrons. The largest absolute Gasteiger partial charge is 0.488 e. The molecule has 1 saturated carbocycles. The summed E-state index contributed by atoms with van der Waals surface area (Å²) in [5, 5.41) is 11.6. The molecule has 0 aromatic carbocycles. The lowest BCUT2D eigenvalue weighted by Gasteiger charge is -2.37. The predicted octanol–water partition coefficient (Wildman–Crippen LogP) is 2.17. The van der Waals surface area contributed by atoms with Crippen LogP contribution in [0.1, 0.15) is 23.4 Å². The molecule has 3 aromatic heterocycles. The van der Waals surface area contributed by atoms with Crippen molar-refractivity contribution in [1.29, 1.82) is 0 Å². The third-order valence-corrected chi connectivity index (χ3v) is 5.42. The zero-order valence-corrected chi connectivity index (χ0v) is 15.6. The number of carbonyl (C=O) groups excluding carboxylic acids is 1. The Morgan fingerprint density at radius 2 is 2.29 bits per heavy atom. The first-order valence-electron chi connectivity index (χ1n) is 11.0. The van der Waals surface area contributed by atoms with Gasteiger partial charge in [-0.1, -0.05) is 0 Å². The van der Waals surface area contributed by atoms with Crippen molar-refractivity contribution in [2.24, 2.45) is 13.0 Å². The maximum Gasteiger partial charge on any atom is 0.228 e. The van der Waals surface area contributed by atoms with Crippen molar-refractivity contribution >= 4 is 17.2 Å². The maximum atomic E-state index is 12.0. The summed E-state index contributed by atoms with van der Waals surface area (Å²) in [6.45, 7) is -1.24. The van der Waals surface area contributed by atoms with E-state index in [0.717, 1.165) is 36.0 Å². The molecule has 3 aromatic rings. The monoisotopic (exact) mass is 383 g/mol. The molecule has 0 bridgehead atoms. The van der Waals surface area contributed by atoms with E-state index in [1.165, 1.54) is 4.90 Å². The average Bonchev–Trinajstić information content (AvgIpc) is 3.35. The summed E-state index contributed by atoms with van der Waals surface area (Å²) in [6, 6.07) is 5.58. The molecule has 4 heterocycles. The van der Waals surface area contributed by atoms with Gasteiger partial charge in [-0.2, -0.15) is 10.2 Å². The van der Waals surface area contributed by atoms with Crippen molar-refractivity contribution < 1.29 is 13.6 Å². The summed E-state index contributed by atoms with van der Waals surface area (Å²) in [4.78, 5) is 13.5. The summed E-state index contributed by atoms with van der Waals surface area (Å²) in [5.74, 6) is 1.27. The number of hydrogen-bond acceptors (Lipinski definition) is 5. The third kappa shape index (κ3) is 3.13. The van der Waals surface area contributed by atoms with Gasteiger partial charge in [0.15, 0.2) is 11.6 Å². The molecule has 2 aliphatic rings. The number of anilines is 1. The topological polar surface area (TPSA) is 76.7 Å². The number of nitrogens with one attached hydrogen (secondary N) is 1. The van der Waals surface area contributed by atoms with Crippen LogP contribution >= 0.6 is 0 Å². The molecular formula is C20H24N6O2. The molecule has 28 heavy (non-hydrogen) atoms. The fraction of sp³-hybridized carbons (Fsp3) is 0.450. The van der Waals surface area contributed by atoms with Gasteiger partial charge >= 0.3 is 0 Å². The molecule has 1 aliphatic heterocycles. The quantitative estimate of drug-likeness (QED) is 0.706. The summed E-state index contributed by atoms with van der Waals surface area (Å²) >= 11 is 0. The van der Waals surface area contributed by atoms with Crippen LogP contribution in [0.4, 0.5) is 5.82 Å². The lowest BCUT2D eigenvalue weighted by atomic mass is 10.1. The zero-order valence-electron chi connectivity index (χ0n) is 18.6. The van der Waals surface area contributed by atoms with Crippen molar-refractivity contribution in [2.75, 3.05) is 25.4 Å². The maximum absolute atomic E-state index is 12.0. The minimum atomic E-state index is -2.09. The van der Waals surface area contributed by atoms with Crippen LogP contribution in [0.25, 0.3) is 16.8 Å². The van der Waals surface area contributed by atoms with Gasteiger partial charge in [-0.15, -0.1) is 0 Å². The molecule has 1 amide bonds. The second-order valence-corrected chi connectivity index (χ2v) is 7.51. The fourth-order valence-electron chi connectivity index (χ4n) is 3.43. The van der Waals surface area contributed by atoms with Crippen molar-refractivity contribution in [3.63, 3.8) is 0 Å². The number of nitrogens with zero attached hydrogens (tertiary/aromatic N) is 5. The number of hydrogen-bond donors (Lipinski definition) is 1. The Kier molecular flexibility index (Phi) is 3.36. The van der Waals surface area contributed by atoms with Crippen LogP contribution < -0.4 is 10.1 Å². The smallest absolute Gasteiger partial charge is 0.228 e. The molecule has 1 saturated heterocycles. The van der Waals surface area contributed by atoms with Gasteiger partial charge in [0.05, 0.1) is 11.7 Å². The van der Waals surface area contributed by atoms with E-state index in [9.17, 15) is 4.79 Å². The number of carbonyl (C=O) groups is 1. The summed E-state index contributed by atoms with van der Waals surface area (Å²) in [7, 11) is 1.84. The van der Waals surface area contributed by atoms with Gasteiger partial charge < -0.3 is 10.1 Å². The van der Waals surface area contributed by atoms with Crippen molar-refractivity contribution in [1.82, 2.24) is 24.3 Å². The summed E-state index contributed by atoms with van der Waals surface area (Å²) in [6.07, 6.45) is 6.16. The molecule has 8 heteroatoms. The minimum absolute atomic E-state index is 0.0213. The number of likely N-dealkylation sites (N-methyl/N-ethyl adjacent to an activating group) is 1. The fourth-order valence-corrected chi connectivity index (χ4v) is 3.43. The Balaban J connectivity index is 1.35. The highest BCUT2D eigenvalue weighted by molar-refractivity contribution is 5.93. The van der Waals surface area contributed by atoms with Gasteiger partial charge in [0.1, 0.15) is 12.3 Å². The van der Waals surface area contributed by atoms with Gasteiger partial charge in [0.25, 0.3) is 0 Å². The Bertz CT molecular complexity index is 1130. The number of amides is 1. The molecule has 1 aliphatic carbocycles. The van der Waals surface area contributed by atoms with Crippen LogP contribution in [0.2, 0.25) is 0 Å². The molecule has 0 radical (unpaired) electrons. The number of aryl methyl sites for hydroxylation is 1. The van der Waals surface area contributed by atoms with E-state index in [2.05, 4.69) is 15.5 Å². The Hall–Kier alpha value is -2.87. The number of likely N-dealkylation sites (tertiary alicyclic amines) is 1. The van der Waals surface area contributed by atoms with Crippen LogP contribution in [-0.2, 0) is 11.8 Å². The second-order valence-electron chi connectivity index (χ2n) is 7.51. The van der Waals surface area contributed by atoms with E-state index >= 15 is 0 Å². The van der Waals surface area contributed by atoms with Gasteiger partial charge in [0.2, 0.25) is 5.91 Å². The number of rotatable bonds is 6. The molecule has 0 spiro atoms. The SMILES string of the molecule is [2H]C([2H])([2H])N1CC[C@@H]1COc1cnn(C)c1-c1ccn2nc(NC(=O)C3CC3)cc2c1. The Morgan fingerprint density at radius 1 is 1.39 bits per heavy atom. The molecular weight excluding hydrogens is 356 g/mol. The van der Waals surface area contributed by atoms with Gasteiger partial charge in [-0.25, -0.2) is 4.52 Å². The predicted molar refractivity (Wildman–Crippen MR) is 105 cm³/mol. The van der Waals surface area contributed by atoms with Crippen LogP contribution in [0.5, 0.6) is 5.75 Å². The highest BCUT2D eigenvalue weighted by atomic mass is 16.5. The molecule has 2 fully saturated rings. The molecule has 5 rings (SSSR count). The molecule has 1 atom stereocenters. The summed E-state index contributed by atoms with van der Waals surface area (Å²) < 4.78 is 32.2. The van der Waals surface area contributed by atoms with E-state index in [0.29, 0.717) is 24.7 Å². The lowest BCUT2D eigenvalue weighted by molar-refractivity contribution is -0.117. The Labute approximate surface area is 167 Å². The highest BCUT2D eigenvalue weighted by Crippen LogP contribution is 2.32. The van der Waals surface area contributed by atoms with Crippen molar-refractivity contribution in [2.45, 2.75) is 25.3 Å². The minimum Gasteiger partial charge on any atom is -0.488 e. The molecule has 0 unspecified atom stereocenters. The number of pyridine rings is 1. The third-order valence-electron chi connectivity index (χ3n) is 5.42. The first-order valence-corrected chi connectivity index (χ1v) is 9.52. The van der Waals surface area contributed by atoms with E-state index in [1.807, 2.05) is 31.4 Å². The van der Waals surface area contributed by atoms with Crippen molar-refractivity contribution in [3.05, 3.63) is 30.6 Å². The van der Waals surface area contributed by atoms with Crippen LogP contribution in [0.15, 0.2) is 30.6 Å². The zero-order chi connectivity index (χ0) is 21.8. The molecule has 8 nitrogen and oxygen atoms in total. The normalized spacial score (nSPS) is 21.6. The first kappa shape index (κ1) is 14.2. The van der Waals surface area contributed by atoms with E-state index in [-0.39, 0.29) is 17.9 Å². The van der Waals surface area contributed by atoms with Crippen LogP contribution in [-0.4, -0.2) is 56.4 Å². The van der Waals surface area contributed by atoms with E-state index in [1.54, 1.807) is 15.4 Å². The van der Waals surface area contributed by atoms with Gasteiger partial charge in [-0.05, 0) is 44.9 Å². The van der Waals surface area contributed by atoms with Crippen LogP contribution in [0, 0.1) is 5.92 Å². The van der Waals surface area contributed by atoms with Gasteiger partial charge in [-0.3, -0.25) is 14.4 Å². The number of aromatic nitrogens is 4. The van der Waals surface area contributed by atoms with Crippen molar-refractivity contribution in [3.8, 4) is 17.0 Å². The second kappa shape index (κ2) is 6.63. The van der Waals surface area contributed by atoms with E-state index < -0.39 is 6.98 Å². The number of fused-ring (bicyclic) bond motifs is 1. The Morgan fingerprint density at radius 3 is 3.04 bits per heavy atom. The van der Waals surface area contributed by atoms with E-state index in [4.69, 9.17) is 8.85 Å². The van der Waals surface area contributed by atoms with Gasteiger partial charge in [0, 0.05) is 40.9 Å². The summed E-state index contributed by atoms with van der Waals surface area (Å²) in [5.41, 5.74) is 2.53. The lowest BCUT2D eigenvalue weighted by Crippen LogP contribution is -2.48. The van der Waals surface area contributed by atoms with Crippen LogP contribution in [0.3, 0.4) is 0 Å². The highest BCUT2D eigenvalue weighted by Gasteiger charge is 2.30. The molecule has 1 N–H and O–H groups in total.